The second-order valence-corrected chi connectivity index (χ2v) is 7.31. The average molecular weight is 370 g/mol. The van der Waals surface area contributed by atoms with Gasteiger partial charge in [-0.05, 0) is 55.4 Å². The van der Waals surface area contributed by atoms with Gasteiger partial charge in [0.05, 0.1) is 11.4 Å². The molecular weight excluding hydrogens is 352 g/mol. The van der Waals surface area contributed by atoms with Crippen LogP contribution in [0.1, 0.15) is 17.5 Å². The van der Waals surface area contributed by atoms with Crippen molar-refractivity contribution in [3.63, 3.8) is 0 Å². The highest BCUT2D eigenvalue weighted by Gasteiger charge is 2.41. The molecular formula is C19H18N2O4S. The van der Waals surface area contributed by atoms with E-state index in [1.54, 1.807) is 24.3 Å². The number of thioether (sulfide) groups is 1. The van der Waals surface area contributed by atoms with Crippen LogP contribution in [0.25, 0.3) is 0 Å². The molecule has 1 aliphatic rings. The minimum absolute atomic E-state index is 0.0493. The molecule has 1 heterocycles. The summed E-state index contributed by atoms with van der Waals surface area (Å²) in [7, 11) is 0. The molecule has 3 rings (SSSR count). The van der Waals surface area contributed by atoms with Gasteiger partial charge >= 0.3 is 0 Å². The largest absolute Gasteiger partial charge is 0.506 e. The number of anilines is 2. The predicted octanol–water partition coefficient (Wildman–Crippen LogP) is 3.61. The summed E-state index contributed by atoms with van der Waals surface area (Å²) >= 11 is 0.841. The van der Waals surface area contributed by atoms with Gasteiger partial charge in [-0.1, -0.05) is 23.8 Å². The molecule has 0 aliphatic carbocycles. The minimum atomic E-state index is -0.782. The number of amides is 3. The Bertz CT molecular complexity index is 880. The van der Waals surface area contributed by atoms with Crippen LogP contribution in [0.15, 0.2) is 42.5 Å². The van der Waals surface area contributed by atoms with Crippen LogP contribution in [-0.2, 0) is 9.59 Å². The lowest BCUT2D eigenvalue weighted by Gasteiger charge is -2.14. The monoisotopic (exact) mass is 370 g/mol. The number of carbonyl (C=O) groups excluding carboxylic acids is 3. The number of nitrogens with one attached hydrogen (secondary N) is 1. The molecule has 0 saturated carbocycles. The number of hydrogen-bond donors (Lipinski definition) is 2. The fourth-order valence-corrected chi connectivity index (χ4v) is 3.62. The summed E-state index contributed by atoms with van der Waals surface area (Å²) in [5, 5.41) is 11.2. The molecule has 7 heteroatoms. The van der Waals surface area contributed by atoms with Crippen LogP contribution in [0.4, 0.5) is 16.2 Å². The van der Waals surface area contributed by atoms with Crippen molar-refractivity contribution in [3.05, 3.63) is 53.6 Å². The van der Waals surface area contributed by atoms with Gasteiger partial charge in [0.2, 0.25) is 11.8 Å². The van der Waals surface area contributed by atoms with Gasteiger partial charge in [-0.2, -0.15) is 0 Å². The Morgan fingerprint density at radius 3 is 2.46 bits per heavy atom. The first-order valence-corrected chi connectivity index (χ1v) is 8.94. The van der Waals surface area contributed by atoms with Crippen molar-refractivity contribution in [2.45, 2.75) is 25.5 Å². The lowest BCUT2D eigenvalue weighted by Crippen LogP contribution is -2.32. The summed E-state index contributed by atoms with van der Waals surface area (Å²) in [6.07, 6.45) is -0.148. The number of aryl methyl sites for hydroxylation is 2. The number of carbonyl (C=O) groups is 3. The van der Waals surface area contributed by atoms with Gasteiger partial charge in [-0.15, -0.1) is 0 Å². The van der Waals surface area contributed by atoms with E-state index in [0.717, 1.165) is 27.8 Å². The third-order valence-corrected chi connectivity index (χ3v) is 5.05. The van der Waals surface area contributed by atoms with Gasteiger partial charge in [0, 0.05) is 6.42 Å². The molecule has 0 radical (unpaired) electrons. The first-order valence-electron chi connectivity index (χ1n) is 8.06. The number of aromatic hydroxyl groups is 1. The van der Waals surface area contributed by atoms with Crippen molar-refractivity contribution < 1.29 is 19.5 Å². The molecule has 26 heavy (non-hydrogen) atoms. The fourth-order valence-electron chi connectivity index (χ4n) is 2.63. The topological polar surface area (TPSA) is 86.7 Å². The predicted molar refractivity (Wildman–Crippen MR) is 102 cm³/mol. The summed E-state index contributed by atoms with van der Waals surface area (Å²) in [6.45, 7) is 3.75. The number of rotatable bonds is 4. The summed E-state index contributed by atoms with van der Waals surface area (Å²) in [5.41, 5.74) is 2.68. The Labute approximate surface area is 155 Å². The van der Waals surface area contributed by atoms with E-state index in [1.165, 1.54) is 6.07 Å². The van der Waals surface area contributed by atoms with Crippen molar-refractivity contribution in [3.8, 4) is 5.75 Å². The lowest BCUT2D eigenvalue weighted by atomic mass is 10.2. The van der Waals surface area contributed by atoms with Crippen LogP contribution in [-0.4, -0.2) is 27.4 Å². The van der Waals surface area contributed by atoms with Crippen LogP contribution in [0.2, 0.25) is 0 Å². The Balaban J connectivity index is 1.69. The molecule has 2 aromatic rings. The van der Waals surface area contributed by atoms with Gasteiger partial charge < -0.3 is 10.4 Å². The molecule has 6 nitrogen and oxygen atoms in total. The first kappa shape index (κ1) is 18.0. The highest BCUT2D eigenvalue weighted by Crippen LogP contribution is 2.34. The maximum absolute atomic E-state index is 12.6. The highest BCUT2D eigenvalue weighted by atomic mass is 32.2. The van der Waals surface area contributed by atoms with E-state index in [-0.39, 0.29) is 17.9 Å². The zero-order chi connectivity index (χ0) is 18.8. The molecule has 1 fully saturated rings. The summed E-state index contributed by atoms with van der Waals surface area (Å²) < 4.78 is 0. The van der Waals surface area contributed by atoms with Crippen LogP contribution in [0.5, 0.6) is 5.75 Å². The van der Waals surface area contributed by atoms with E-state index in [9.17, 15) is 19.5 Å². The van der Waals surface area contributed by atoms with E-state index in [0.29, 0.717) is 5.69 Å². The van der Waals surface area contributed by atoms with Crippen LogP contribution in [0.3, 0.4) is 0 Å². The fraction of sp³-hybridized carbons (Fsp3) is 0.211. The quantitative estimate of drug-likeness (QED) is 0.803. The lowest BCUT2D eigenvalue weighted by molar-refractivity contribution is -0.121. The number of nitrogens with zero attached hydrogens (tertiary/aromatic N) is 1. The van der Waals surface area contributed by atoms with Gasteiger partial charge in [-0.3, -0.25) is 14.4 Å². The van der Waals surface area contributed by atoms with Gasteiger partial charge in [-0.25, -0.2) is 4.90 Å². The number of imide groups is 1. The SMILES string of the molecule is Cc1ccc(N2C(=O)SC(CC(=O)Nc3cc(C)ccc3O)C2=O)cc1. The molecule has 1 unspecified atom stereocenters. The summed E-state index contributed by atoms with van der Waals surface area (Å²) in [4.78, 5) is 38.1. The van der Waals surface area contributed by atoms with Crippen LogP contribution < -0.4 is 10.2 Å². The van der Waals surface area contributed by atoms with Crippen molar-refractivity contribution in [1.82, 2.24) is 0 Å². The maximum Gasteiger partial charge on any atom is 0.293 e. The maximum atomic E-state index is 12.6. The zero-order valence-electron chi connectivity index (χ0n) is 14.4. The molecule has 1 aliphatic heterocycles. The number of phenols is 1. The molecule has 134 valence electrons. The molecule has 1 atom stereocenters. The van der Waals surface area contributed by atoms with Crippen molar-refractivity contribution in [2.24, 2.45) is 0 Å². The van der Waals surface area contributed by atoms with E-state index in [2.05, 4.69) is 5.32 Å². The molecule has 3 amide bonds. The van der Waals surface area contributed by atoms with E-state index in [1.807, 2.05) is 26.0 Å². The second kappa shape index (κ2) is 7.21. The zero-order valence-corrected chi connectivity index (χ0v) is 15.2. The van der Waals surface area contributed by atoms with Gasteiger partial charge in [0.15, 0.2) is 0 Å². The minimum Gasteiger partial charge on any atom is -0.506 e. The molecule has 0 bridgehead atoms. The Morgan fingerprint density at radius 2 is 1.77 bits per heavy atom. The first-order chi connectivity index (χ1) is 12.3. The van der Waals surface area contributed by atoms with Crippen molar-refractivity contribution >= 4 is 40.2 Å². The van der Waals surface area contributed by atoms with Gasteiger partial charge in [0.25, 0.3) is 5.24 Å². The van der Waals surface area contributed by atoms with Gasteiger partial charge in [0.1, 0.15) is 11.0 Å². The molecule has 0 aromatic heterocycles. The molecule has 2 aromatic carbocycles. The Hall–Kier alpha value is -2.80. The summed E-state index contributed by atoms with van der Waals surface area (Å²) in [5.74, 6) is -0.894. The standard InChI is InChI=1S/C19H18N2O4S/c1-11-3-6-13(7-4-11)21-18(24)16(26-19(21)25)10-17(23)20-14-9-12(2)5-8-15(14)22/h3-9,16,22H,10H2,1-2H3,(H,20,23). The van der Waals surface area contributed by atoms with Crippen molar-refractivity contribution in [1.29, 1.82) is 0 Å². The normalized spacial score (nSPS) is 16.8. The number of phenolic OH excluding ortho intramolecular Hbond substituents is 1. The van der Waals surface area contributed by atoms with E-state index in [4.69, 9.17) is 0 Å². The molecule has 1 saturated heterocycles. The highest BCUT2D eigenvalue weighted by molar-refractivity contribution is 8.15. The number of hydrogen-bond acceptors (Lipinski definition) is 5. The van der Waals surface area contributed by atoms with E-state index < -0.39 is 22.3 Å². The Morgan fingerprint density at radius 1 is 1.12 bits per heavy atom. The van der Waals surface area contributed by atoms with E-state index >= 15 is 0 Å². The van der Waals surface area contributed by atoms with Crippen molar-refractivity contribution in [2.75, 3.05) is 10.2 Å². The average Bonchev–Trinajstić information content (AvgIpc) is 2.86. The third kappa shape index (κ3) is 3.72. The molecule has 2 N–H and O–H groups in total. The second-order valence-electron chi connectivity index (χ2n) is 6.15. The smallest absolute Gasteiger partial charge is 0.293 e. The number of benzene rings is 2. The van der Waals surface area contributed by atoms with Crippen LogP contribution in [0, 0.1) is 13.8 Å². The third-order valence-electron chi connectivity index (χ3n) is 4.01. The Kier molecular flexibility index (Phi) is 4.99. The van der Waals surface area contributed by atoms with Crippen LogP contribution >= 0.6 is 11.8 Å². The summed E-state index contributed by atoms with van der Waals surface area (Å²) in [6, 6.07) is 11.9. The molecule has 0 spiro atoms.